The second kappa shape index (κ2) is 6.68. The van der Waals surface area contributed by atoms with Gasteiger partial charge in [0.25, 0.3) is 5.79 Å². The second-order valence-electron chi connectivity index (χ2n) is 4.29. The lowest BCUT2D eigenvalue weighted by Gasteiger charge is -2.35. The molecule has 114 valence electrons. The van der Waals surface area contributed by atoms with Crippen LogP contribution in [-0.4, -0.2) is 83.1 Å². The first-order valence-electron chi connectivity index (χ1n) is 5.61. The molecule has 0 aromatic rings. The Balaban J connectivity index is 5.07. The number of aliphatic hydroxyl groups excluding tert-OH is 4. The molecule has 8 N–H and O–H groups in total. The Morgan fingerprint density at radius 2 is 1.58 bits per heavy atom. The van der Waals surface area contributed by atoms with Gasteiger partial charge in [-0.05, 0) is 0 Å². The minimum absolute atomic E-state index is 0.0844. The Hall–Kier alpha value is -0.650. The van der Waals surface area contributed by atoms with Crippen molar-refractivity contribution in [2.45, 2.75) is 49.7 Å². The Morgan fingerprint density at radius 3 is 1.95 bits per heavy atom. The van der Waals surface area contributed by atoms with E-state index in [-0.39, 0.29) is 6.42 Å². The summed E-state index contributed by atoms with van der Waals surface area (Å²) in [6, 6.07) is 0. The van der Waals surface area contributed by atoms with Crippen molar-refractivity contribution in [1.29, 1.82) is 0 Å². The van der Waals surface area contributed by atoms with Gasteiger partial charge in [-0.15, -0.1) is 0 Å². The van der Waals surface area contributed by atoms with Crippen LogP contribution in [0.25, 0.3) is 0 Å². The van der Waals surface area contributed by atoms with E-state index >= 15 is 0 Å². The van der Waals surface area contributed by atoms with Crippen LogP contribution in [0.3, 0.4) is 0 Å². The normalized spacial score (nSPS) is 17.9. The van der Waals surface area contributed by atoms with Crippen LogP contribution in [0.2, 0.25) is 0 Å². The van der Waals surface area contributed by atoms with E-state index < -0.39 is 48.7 Å². The first-order valence-corrected chi connectivity index (χ1v) is 5.61. The van der Waals surface area contributed by atoms with Gasteiger partial charge in [0.05, 0.1) is 6.61 Å². The van der Waals surface area contributed by atoms with Crippen LogP contribution in [0.1, 0.15) is 19.8 Å². The summed E-state index contributed by atoms with van der Waals surface area (Å²) in [5.74, 6) is -8.88. The number of carbonyl (C=O) groups is 1. The molecule has 9 heteroatoms. The van der Waals surface area contributed by atoms with Gasteiger partial charge >= 0.3 is 0 Å². The highest BCUT2D eigenvalue weighted by atomic mass is 16.6. The first kappa shape index (κ1) is 18.4. The highest BCUT2D eigenvalue weighted by molar-refractivity contribution is 5.90. The Morgan fingerprint density at radius 1 is 1.11 bits per heavy atom. The standard InChI is InChI=1S/C10H20O9/c1-2-3-9(16,17)10(18,19)8(15)7(14)6(13)5(12)4-11/h5-7,11-14,16-19H,2-4H2,1H3/t5-,6+,7-/m1/s1. The van der Waals surface area contributed by atoms with E-state index in [2.05, 4.69) is 0 Å². The van der Waals surface area contributed by atoms with Crippen molar-refractivity contribution in [2.24, 2.45) is 0 Å². The van der Waals surface area contributed by atoms with Crippen LogP contribution in [0.15, 0.2) is 0 Å². The molecular weight excluding hydrogens is 264 g/mol. The number of aliphatic hydroxyl groups is 8. The maximum absolute atomic E-state index is 11.5. The van der Waals surface area contributed by atoms with E-state index in [4.69, 9.17) is 10.2 Å². The number of ketones is 1. The fourth-order valence-electron chi connectivity index (χ4n) is 1.40. The number of carbonyl (C=O) groups excluding carboxylic acids is 1. The van der Waals surface area contributed by atoms with Crippen LogP contribution < -0.4 is 0 Å². The van der Waals surface area contributed by atoms with Crippen molar-refractivity contribution in [3.63, 3.8) is 0 Å². The molecule has 0 rings (SSSR count). The molecule has 0 radical (unpaired) electrons. The minimum atomic E-state index is -3.74. The van der Waals surface area contributed by atoms with Crippen LogP contribution >= 0.6 is 0 Å². The molecule has 0 aliphatic carbocycles. The van der Waals surface area contributed by atoms with Crippen molar-refractivity contribution >= 4 is 5.78 Å². The van der Waals surface area contributed by atoms with E-state index in [1.54, 1.807) is 0 Å². The van der Waals surface area contributed by atoms with E-state index in [1.165, 1.54) is 6.92 Å². The summed E-state index contributed by atoms with van der Waals surface area (Å²) in [5, 5.41) is 73.7. The summed E-state index contributed by atoms with van der Waals surface area (Å²) in [4.78, 5) is 11.5. The largest absolute Gasteiger partial charge is 0.394 e. The average Bonchev–Trinajstić information content (AvgIpc) is 2.34. The van der Waals surface area contributed by atoms with Gasteiger partial charge in [0.1, 0.15) is 18.3 Å². The van der Waals surface area contributed by atoms with Gasteiger partial charge in [-0.1, -0.05) is 13.3 Å². The third-order valence-electron chi connectivity index (χ3n) is 2.67. The smallest absolute Gasteiger partial charge is 0.282 e. The first-order chi connectivity index (χ1) is 8.52. The lowest BCUT2D eigenvalue weighted by atomic mass is 9.91. The van der Waals surface area contributed by atoms with Gasteiger partial charge in [0.15, 0.2) is 0 Å². The molecule has 0 saturated carbocycles. The van der Waals surface area contributed by atoms with Crippen molar-refractivity contribution in [3.8, 4) is 0 Å². The van der Waals surface area contributed by atoms with Gasteiger partial charge in [-0.2, -0.15) is 0 Å². The van der Waals surface area contributed by atoms with Crippen molar-refractivity contribution < 1.29 is 45.6 Å². The third kappa shape index (κ3) is 3.91. The molecule has 0 saturated heterocycles. The zero-order chi connectivity index (χ0) is 15.4. The second-order valence-corrected chi connectivity index (χ2v) is 4.29. The number of rotatable bonds is 8. The molecule has 19 heavy (non-hydrogen) atoms. The predicted molar refractivity (Wildman–Crippen MR) is 59.4 cm³/mol. The van der Waals surface area contributed by atoms with Gasteiger partial charge in [0, 0.05) is 6.42 Å². The molecule has 3 atom stereocenters. The molecule has 0 aromatic heterocycles. The van der Waals surface area contributed by atoms with Crippen LogP contribution in [-0.2, 0) is 4.79 Å². The summed E-state index contributed by atoms with van der Waals surface area (Å²) in [6.45, 7) is 0.482. The van der Waals surface area contributed by atoms with Crippen LogP contribution in [0, 0.1) is 0 Å². The summed E-state index contributed by atoms with van der Waals surface area (Å²) < 4.78 is 0. The summed E-state index contributed by atoms with van der Waals surface area (Å²) >= 11 is 0. The Kier molecular flexibility index (Phi) is 6.45. The molecule has 0 aromatic carbocycles. The zero-order valence-corrected chi connectivity index (χ0v) is 10.3. The molecule has 0 unspecified atom stereocenters. The molecule has 0 aliphatic heterocycles. The average molecular weight is 284 g/mol. The number of Topliss-reactive ketones (excluding diaryl/α,β-unsaturated/α-hetero) is 1. The monoisotopic (exact) mass is 284 g/mol. The number of hydrogen-bond acceptors (Lipinski definition) is 9. The highest BCUT2D eigenvalue weighted by Crippen LogP contribution is 2.25. The Labute approximate surface area is 109 Å². The van der Waals surface area contributed by atoms with Crippen molar-refractivity contribution in [2.75, 3.05) is 6.61 Å². The molecule has 0 bridgehead atoms. The maximum Gasteiger partial charge on any atom is 0.282 e. The van der Waals surface area contributed by atoms with Crippen molar-refractivity contribution in [1.82, 2.24) is 0 Å². The lowest BCUT2D eigenvalue weighted by molar-refractivity contribution is -0.342. The summed E-state index contributed by atoms with van der Waals surface area (Å²) in [5.41, 5.74) is 0. The van der Waals surface area contributed by atoms with Gasteiger partial charge in [-0.25, -0.2) is 0 Å². The minimum Gasteiger partial charge on any atom is -0.394 e. The topological polar surface area (TPSA) is 179 Å². The Bertz CT molecular complexity index is 301. The third-order valence-corrected chi connectivity index (χ3v) is 2.67. The van der Waals surface area contributed by atoms with E-state index in [0.717, 1.165) is 0 Å². The van der Waals surface area contributed by atoms with E-state index in [1.807, 2.05) is 0 Å². The highest BCUT2D eigenvalue weighted by Gasteiger charge is 2.55. The fourth-order valence-corrected chi connectivity index (χ4v) is 1.40. The fraction of sp³-hybridized carbons (Fsp3) is 0.900. The SMILES string of the molecule is CCCC(O)(O)C(O)(O)C(=O)[C@H](O)[C@@H](O)[C@H](O)CO. The quantitative estimate of drug-likeness (QED) is 0.205. The molecule has 0 heterocycles. The number of hydrogen-bond donors (Lipinski definition) is 8. The zero-order valence-electron chi connectivity index (χ0n) is 10.3. The molecule has 0 fully saturated rings. The summed E-state index contributed by atoms with van der Waals surface area (Å²) in [6.07, 6.45) is -7.15. The predicted octanol–water partition coefficient (Wildman–Crippen LogP) is -4.21. The van der Waals surface area contributed by atoms with Gasteiger partial charge < -0.3 is 40.9 Å². The van der Waals surface area contributed by atoms with E-state index in [0.29, 0.717) is 0 Å². The molecule has 9 nitrogen and oxygen atoms in total. The van der Waals surface area contributed by atoms with Gasteiger partial charge in [0.2, 0.25) is 11.6 Å². The lowest BCUT2D eigenvalue weighted by Crippen LogP contribution is -2.64. The molecule has 0 spiro atoms. The molecular formula is C10H20O9. The van der Waals surface area contributed by atoms with Gasteiger partial charge in [-0.3, -0.25) is 4.79 Å². The van der Waals surface area contributed by atoms with Crippen LogP contribution in [0.4, 0.5) is 0 Å². The van der Waals surface area contributed by atoms with Crippen molar-refractivity contribution in [3.05, 3.63) is 0 Å². The summed E-state index contributed by atoms with van der Waals surface area (Å²) in [7, 11) is 0. The van der Waals surface area contributed by atoms with Crippen LogP contribution in [0.5, 0.6) is 0 Å². The maximum atomic E-state index is 11.5. The molecule has 0 amide bonds. The molecule has 0 aliphatic rings. The van der Waals surface area contributed by atoms with E-state index in [9.17, 15) is 35.4 Å².